The molecule has 9 heteroatoms. The molecule has 170 valence electrons. The Balaban J connectivity index is 2.02. The van der Waals surface area contributed by atoms with E-state index in [9.17, 15) is 9.59 Å². The van der Waals surface area contributed by atoms with Crippen molar-refractivity contribution in [1.82, 2.24) is 15.2 Å². The van der Waals surface area contributed by atoms with Gasteiger partial charge >= 0.3 is 6.03 Å². The van der Waals surface area contributed by atoms with Crippen molar-refractivity contribution in [2.75, 3.05) is 45.8 Å². The van der Waals surface area contributed by atoms with Crippen molar-refractivity contribution in [1.29, 1.82) is 0 Å². The van der Waals surface area contributed by atoms with Crippen LogP contribution in [0.4, 0.5) is 10.5 Å². The Labute approximate surface area is 188 Å². The number of methoxy groups -OCH3 is 2. The molecule has 0 aliphatic rings. The Kier molecular flexibility index (Phi) is 11.0. The minimum atomic E-state index is -0.217. The summed E-state index contributed by atoms with van der Waals surface area (Å²) in [6, 6.07) is 7.57. The van der Waals surface area contributed by atoms with Crippen molar-refractivity contribution in [3.8, 4) is 0 Å². The highest BCUT2D eigenvalue weighted by Crippen LogP contribution is 2.18. The van der Waals surface area contributed by atoms with Gasteiger partial charge in [0.05, 0.1) is 6.54 Å². The van der Waals surface area contributed by atoms with E-state index in [0.717, 1.165) is 24.1 Å². The first kappa shape index (κ1) is 24.8. The fraction of sp³-hybridized carbons (Fsp3) is 0.500. The van der Waals surface area contributed by atoms with Crippen LogP contribution < -0.4 is 10.6 Å². The molecule has 0 fully saturated rings. The zero-order chi connectivity index (χ0) is 22.5. The largest absolute Gasteiger partial charge is 0.385 e. The number of thiazole rings is 1. The van der Waals surface area contributed by atoms with E-state index in [1.54, 1.807) is 24.5 Å². The third-order valence-electron chi connectivity index (χ3n) is 4.62. The van der Waals surface area contributed by atoms with Crippen molar-refractivity contribution < 1.29 is 19.1 Å². The molecule has 8 nitrogen and oxygen atoms in total. The Hall–Kier alpha value is -2.49. The Bertz CT molecular complexity index is 827. The number of amides is 3. The van der Waals surface area contributed by atoms with Gasteiger partial charge in [0.15, 0.2) is 0 Å². The maximum absolute atomic E-state index is 13.0. The van der Waals surface area contributed by atoms with Gasteiger partial charge in [0.2, 0.25) is 0 Å². The topological polar surface area (TPSA) is 92.8 Å². The van der Waals surface area contributed by atoms with Crippen LogP contribution in [0.1, 0.15) is 40.8 Å². The van der Waals surface area contributed by atoms with Gasteiger partial charge < -0.3 is 25.0 Å². The smallest absolute Gasteiger partial charge is 0.322 e. The zero-order valence-electron chi connectivity index (χ0n) is 18.5. The predicted molar refractivity (Wildman–Crippen MR) is 123 cm³/mol. The normalized spacial score (nSPS) is 10.7. The number of carbonyl (C=O) groups is 2. The third-order valence-corrected chi connectivity index (χ3v) is 5.46. The summed E-state index contributed by atoms with van der Waals surface area (Å²) >= 11 is 1.37. The van der Waals surface area contributed by atoms with E-state index in [4.69, 9.17) is 9.47 Å². The number of rotatable bonds is 13. The van der Waals surface area contributed by atoms with Gasteiger partial charge in [0.25, 0.3) is 5.91 Å². The maximum Gasteiger partial charge on any atom is 0.322 e. The molecular weight excluding hydrogens is 416 g/mol. The molecule has 0 radical (unpaired) electrons. The van der Waals surface area contributed by atoms with E-state index in [1.165, 1.54) is 11.3 Å². The van der Waals surface area contributed by atoms with Crippen LogP contribution in [0.15, 0.2) is 29.6 Å². The quantitative estimate of drug-likeness (QED) is 0.457. The first-order chi connectivity index (χ1) is 15.1. The number of para-hydroxylation sites is 1. The first-order valence-electron chi connectivity index (χ1n) is 10.4. The predicted octanol–water partition coefficient (Wildman–Crippen LogP) is 3.54. The molecule has 0 atom stereocenters. The second-order valence-corrected chi connectivity index (χ2v) is 7.88. The molecule has 1 aromatic heterocycles. The number of aromatic nitrogens is 1. The van der Waals surface area contributed by atoms with Crippen LogP contribution in [0.2, 0.25) is 0 Å². The molecule has 0 saturated heterocycles. The molecule has 0 saturated carbocycles. The number of urea groups is 1. The van der Waals surface area contributed by atoms with Crippen molar-refractivity contribution >= 4 is 29.0 Å². The molecule has 2 aromatic rings. The van der Waals surface area contributed by atoms with Gasteiger partial charge in [0, 0.05) is 51.6 Å². The molecule has 0 spiro atoms. The second kappa shape index (κ2) is 13.7. The van der Waals surface area contributed by atoms with Crippen LogP contribution in [0.3, 0.4) is 0 Å². The molecule has 3 amide bonds. The Morgan fingerprint density at radius 2 is 1.87 bits per heavy atom. The number of nitrogens with zero attached hydrogens (tertiary/aromatic N) is 2. The van der Waals surface area contributed by atoms with Gasteiger partial charge in [-0.1, -0.05) is 25.1 Å². The van der Waals surface area contributed by atoms with Crippen LogP contribution in [-0.2, 0) is 22.4 Å². The number of hydrogen-bond acceptors (Lipinski definition) is 6. The number of carbonyl (C=O) groups excluding carboxylic acids is 2. The van der Waals surface area contributed by atoms with Crippen LogP contribution in [0, 0.1) is 0 Å². The van der Waals surface area contributed by atoms with Gasteiger partial charge in [-0.15, -0.1) is 11.3 Å². The number of benzene rings is 1. The molecule has 0 unspecified atom stereocenters. The number of anilines is 1. The summed E-state index contributed by atoms with van der Waals surface area (Å²) < 4.78 is 10.1. The SMILES string of the molecule is CCc1ccccc1NC(=O)N(CCCOC)Cc1nc(C(=O)NCCCOC)cs1. The third kappa shape index (κ3) is 8.28. The number of hydrogen-bond donors (Lipinski definition) is 2. The number of nitrogens with one attached hydrogen (secondary N) is 2. The second-order valence-electron chi connectivity index (χ2n) is 6.94. The Morgan fingerprint density at radius 3 is 2.61 bits per heavy atom. The van der Waals surface area contributed by atoms with Gasteiger partial charge in [-0.3, -0.25) is 4.79 Å². The van der Waals surface area contributed by atoms with E-state index in [2.05, 4.69) is 22.5 Å². The minimum Gasteiger partial charge on any atom is -0.385 e. The fourth-order valence-electron chi connectivity index (χ4n) is 2.96. The zero-order valence-corrected chi connectivity index (χ0v) is 19.3. The molecule has 31 heavy (non-hydrogen) atoms. The lowest BCUT2D eigenvalue weighted by Gasteiger charge is -2.23. The lowest BCUT2D eigenvalue weighted by molar-refractivity contribution is 0.0944. The van der Waals surface area contributed by atoms with E-state index >= 15 is 0 Å². The van der Waals surface area contributed by atoms with E-state index in [-0.39, 0.29) is 11.9 Å². The summed E-state index contributed by atoms with van der Waals surface area (Å²) in [5.74, 6) is -0.217. The highest BCUT2D eigenvalue weighted by Gasteiger charge is 2.18. The summed E-state index contributed by atoms with van der Waals surface area (Å²) in [6.07, 6.45) is 2.28. The molecule has 2 rings (SSSR count). The van der Waals surface area contributed by atoms with Crippen molar-refractivity contribution in [3.05, 3.63) is 45.9 Å². The lowest BCUT2D eigenvalue weighted by Crippen LogP contribution is -2.36. The average molecular weight is 449 g/mol. The summed E-state index contributed by atoms with van der Waals surface area (Å²) in [7, 11) is 3.27. The van der Waals surface area contributed by atoms with Crippen molar-refractivity contribution in [3.63, 3.8) is 0 Å². The number of aryl methyl sites for hydroxylation is 1. The van der Waals surface area contributed by atoms with Gasteiger partial charge in [-0.05, 0) is 30.9 Å². The highest BCUT2D eigenvalue weighted by atomic mass is 32.1. The summed E-state index contributed by atoms with van der Waals surface area (Å²) in [5.41, 5.74) is 2.25. The van der Waals surface area contributed by atoms with E-state index < -0.39 is 0 Å². The molecular formula is C22H32N4O4S. The van der Waals surface area contributed by atoms with E-state index in [1.807, 2.05) is 24.3 Å². The van der Waals surface area contributed by atoms with Gasteiger partial charge in [-0.25, -0.2) is 9.78 Å². The first-order valence-corrected chi connectivity index (χ1v) is 11.3. The van der Waals surface area contributed by atoms with Crippen LogP contribution in [-0.4, -0.2) is 62.3 Å². The van der Waals surface area contributed by atoms with Gasteiger partial charge in [-0.2, -0.15) is 0 Å². The monoisotopic (exact) mass is 448 g/mol. The van der Waals surface area contributed by atoms with E-state index in [0.29, 0.717) is 50.0 Å². The average Bonchev–Trinajstić information content (AvgIpc) is 3.25. The molecule has 0 bridgehead atoms. The Morgan fingerprint density at radius 1 is 1.13 bits per heavy atom. The van der Waals surface area contributed by atoms with Crippen molar-refractivity contribution in [2.45, 2.75) is 32.7 Å². The maximum atomic E-state index is 13.0. The van der Waals surface area contributed by atoms with Gasteiger partial charge in [0.1, 0.15) is 10.7 Å². The molecule has 0 aliphatic carbocycles. The van der Waals surface area contributed by atoms with Crippen LogP contribution in [0.5, 0.6) is 0 Å². The number of ether oxygens (including phenoxy) is 2. The molecule has 1 heterocycles. The summed E-state index contributed by atoms with van der Waals surface area (Å²) in [5, 5.41) is 8.26. The lowest BCUT2D eigenvalue weighted by atomic mass is 10.1. The molecule has 1 aromatic carbocycles. The highest BCUT2D eigenvalue weighted by molar-refractivity contribution is 7.09. The summed E-state index contributed by atoms with van der Waals surface area (Å²) in [4.78, 5) is 31.4. The van der Waals surface area contributed by atoms with Crippen LogP contribution >= 0.6 is 11.3 Å². The van der Waals surface area contributed by atoms with Crippen molar-refractivity contribution in [2.24, 2.45) is 0 Å². The summed E-state index contributed by atoms with van der Waals surface area (Å²) in [6.45, 7) is 4.58. The minimum absolute atomic E-state index is 0.197. The standard InChI is InChI=1S/C22H32N4O4S/c1-4-17-9-5-6-10-18(17)25-22(28)26(12-8-14-30-3)15-20-24-19(16-31-20)21(27)23-11-7-13-29-2/h5-6,9-10,16H,4,7-8,11-15H2,1-3H3,(H,23,27)(H,25,28). The fourth-order valence-corrected chi connectivity index (χ4v) is 3.75. The molecule has 0 aliphatic heterocycles. The molecule has 2 N–H and O–H groups in total. The van der Waals surface area contributed by atoms with Crippen LogP contribution in [0.25, 0.3) is 0 Å².